The Hall–Kier alpha value is -2.54. The second-order valence-electron chi connectivity index (χ2n) is 5.54. The van der Waals surface area contributed by atoms with Crippen molar-refractivity contribution in [3.8, 4) is 17.2 Å². The number of carbonyl (C=O) groups excluding carboxylic acids is 1. The quantitative estimate of drug-likeness (QED) is 0.548. The molecule has 2 aromatic rings. The van der Waals surface area contributed by atoms with Crippen molar-refractivity contribution in [1.82, 2.24) is 5.43 Å². The SMILES string of the molecule is COc1cc(/C=N\NC(=O)COc2c(C)cccc2C)cc(Br)c1OC. The summed E-state index contributed by atoms with van der Waals surface area (Å²) in [5, 5.41) is 3.95. The minimum absolute atomic E-state index is 0.112. The lowest BCUT2D eigenvalue weighted by atomic mass is 10.1. The second kappa shape index (κ2) is 9.24. The van der Waals surface area contributed by atoms with Gasteiger partial charge in [0.1, 0.15) is 5.75 Å². The molecule has 1 N–H and O–H groups in total. The monoisotopic (exact) mass is 420 g/mol. The third-order valence-corrected chi connectivity index (χ3v) is 4.20. The van der Waals surface area contributed by atoms with Gasteiger partial charge in [-0.1, -0.05) is 18.2 Å². The lowest BCUT2D eigenvalue weighted by molar-refractivity contribution is -0.123. The number of benzene rings is 2. The molecule has 0 heterocycles. The highest BCUT2D eigenvalue weighted by Crippen LogP contribution is 2.35. The first-order chi connectivity index (χ1) is 12.5. The van der Waals surface area contributed by atoms with Gasteiger partial charge in [-0.2, -0.15) is 5.10 Å². The molecule has 138 valence electrons. The number of nitrogens with zero attached hydrogens (tertiary/aromatic N) is 1. The Labute approximate surface area is 161 Å². The molecule has 0 aromatic heterocycles. The van der Waals surface area contributed by atoms with Gasteiger partial charge >= 0.3 is 0 Å². The molecule has 0 aliphatic rings. The van der Waals surface area contributed by atoms with Crippen molar-refractivity contribution in [3.63, 3.8) is 0 Å². The zero-order chi connectivity index (χ0) is 19.1. The summed E-state index contributed by atoms with van der Waals surface area (Å²) in [5.74, 6) is 1.53. The number of rotatable bonds is 7. The van der Waals surface area contributed by atoms with Crippen molar-refractivity contribution in [2.24, 2.45) is 5.10 Å². The van der Waals surface area contributed by atoms with Gasteiger partial charge in [0.05, 0.1) is 24.9 Å². The van der Waals surface area contributed by atoms with E-state index in [1.54, 1.807) is 20.3 Å². The van der Waals surface area contributed by atoms with Gasteiger partial charge in [0.2, 0.25) is 0 Å². The molecule has 2 rings (SSSR count). The summed E-state index contributed by atoms with van der Waals surface area (Å²) in [6, 6.07) is 9.39. The number of aryl methyl sites for hydroxylation is 2. The second-order valence-corrected chi connectivity index (χ2v) is 6.40. The Kier molecular flexibility index (Phi) is 7.03. The van der Waals surface area contributed by atoms with E-state index in [0.29, 0.717) is 11.5 Å². The Bertz CT molecular complexity index is 801. The van der Waals surface area contributed by atoms with Gasteiger partial charge in [-0.05, 0) is 58.6 Å². The van der Waals surface area contributed by atoms with Crippen LogP contribution in [0.2, 0.25) is 0 Å². The van der Waals surface area contributed by atoms with Gasteiger partial charge < -0.3 is 14.2 Å². The van der Waals surface area contributed by atoms with Crippen LogP contribution in [0.25, 0.3) is 0 Å². The van der Waals surface area contributed by atoms with E-state index in [-0.39, 0.29) is 12.5 Å². The fourth-order valence-electron chi connectivity index (χ4n) is 2.39. The van der Waals surface area contributed by atoms with Crippen LogP contribution in [0.3, 0.4) is 0 Å². The molecule has 0 radical (unpaired) electrons. The average Bonchev–Trinajstić information content (AvgIpc) is 2.60. The number of carbonyl (C=O) groups is 1. The number of hydrogen-bond acceptors (Lipinski definition) is 5. The van der Waals surface area contributed by atoms with E-state index in [1.165, 1.54) is 6.21 Å². The van der Waals surface area contributed by atoms with Gasteiger partial charge in [-0.3, -0.25) is 4.79 Å². The molecule has 6 nitrogen and oxygen atoms in total. The van der Waals surface area contributed by atoms with Crippen molar-refractivity contribution in [2.75, 3.05) is 20.8 Å². The summed E-state index contributed by atoms with van der Waals surface area (Å²) in [6.45, 7) is 3.76. The van der Waals surface area contributed by atoms with Crippen LogP contribution < -0.4 is 19.6 Å². The van der Waals surface area contributed by atoms with E-state index in [0.717, 1.165) is 26.9 Å². The minimum Gasteiger partial charge on any atom is -0.493 e. The van der Waals surface area contributed by atoms with E-state index in [4.69, 9.17) is 14.2 Å². The summed E-state index contributed by atoms with van der Waals surface area (Å²) in [6.07, 6.45) is 1.52. The average molecular weight is 421 g/mol. The lowest BCUT2D eigenvalue weighted by Crippen LogP contribution is -2.25. The molecule has 0 bridgehead atoms. The molecule has 0 atom stereocenters. The number of methoxy groups -OCH3 is 2. The summed E-state index contributed by atoms with van der Waals surface area (Å²) < 4.78 is 16.8. The van der Waals surface area contributed by atoms with Crippen LogP contribution in [0.5, 0.6) is 17.2 Å². The largest absolute Gasteiger partial charge is 0.493 e. The number of ether oxygens (including phenoxy) is 3. The van der Waals surface area contributed by atoms with E-state index >= 15 is 0 Å². The Morgan fingerprint density at radius 1 is 1.15 bits per heavy atom. The fraction of sp³-hybridized carbons (Fsp3) is 0.263. The number of nitrogens with one attached hydrogen (secondary N) is 1. The predicted octanol–water partition coefficient (Wildman–Crippen LogP) is 3.61. The van der Waals surface area contributed by atoms with Crippen LogP contribution in [0.15, 0.2) is 39.9 Å². The lowest BCUT2D eigenvalue weighted by Gasteiger charge is -2.11. The molecule has 2 aromatic carbocycles. The molecule has 0 spiro atoms. The Morgan fingerprint density at radius 3 is 2.46 bits per heavy atom. The normalized spacial score (nSPS) is 10.7. The predicted molar refractivity (Wildman–Crippen MR) is 104 cm³/mol. The standard InChI is InChI=1S/C19H21BrN2O4/c1-12-6-5-7-13(2)18(12)26-11-17(23)22-21-10-14-8-15(20)19(25-4)16(9-14)24-3/h5-10H,11H2,1-4H3,(H,22,23)/b21-10-. The molecule has 0 fully saturated rings. The van der Waals surface area contributed by atoms with E-state index in [9.17, 15) is 4.79 Å². The van der Waals surface area contributed by atoms with Gasteiger partial charge in [0, 0.05) is 0 Å². The topological polar surface area (TPSA) is 69.2 Å². The molecule has 0 saturated carbocycles. The number of amides is 1. The number of para-hydroxylation sites is 1. The maximum Gasteiger partial charge on any atom is 0.277 e. The van der Waals surface area contributed by atoms with Crippen molar-refractivity contribution in [2.45, 2.75) is 13.8 Å². The van der Waals surface area contributed by atoms with Crippen LogP contribution in [0, 0.1) is 13.8 Å². The van der Waals surface area contributed by atoms with Gasteiger partial charge in [-0.15, -0.1) is 0 Å². The van der Waals surface area contributed by atoms with Crippen molar-refractivity contribution >= 4 is 28.1 Å². The highest BCUT2D eigenvalue weighted by molar-refractivity contribution is 9.10. The Morgan fingerprint density at radius 2 is 1.85 bits per heavy atom. The molecule has 7 heteroatoms. The van der Waals surface area contributed by atoms with Crippen LogP contribution in [0.1, 0.15) is 16.7 Å². The maximum absolute atomic E-state index is 11.9. The summed E-state index contributed by atoms with van der Waals surface area (Å²) in [4.78, 5) is 11.9. The van der Waals surface area contributed by atoms with Crippen LogP contribution in [-0.2, 0) is 4.79 Å². The van der Waals surface area contributed by atoms with E-state index in [1.807, 2.05) is 38.1 Å². The smallest absolute Gasteiger partial charge is 0.277 e. The summed E-state index contributed by atoms with van der Waals surface area (Å²) in [5.41, 5.74) is 5.15. The zero-order valence-corrected chi connectivity index (χ0v) is 16.7. The number of hydrogen-bond donors (Lipinski definition) is 1. The van der Waals surface area contributed by atoms with E-state index < -0.39 is 0 Å². The molecular formula is C19H21BrN2O4. The van der Waals surface area contributed by atoms with Gasteiger partial charge in [0.25, 0.3) is 5.91 Å². The third-order valence-electron chi connectivity index (χ3n) is 3.62. The zero-order valence-electron chi connectivity index (χ0n) is 15.1. The maximum atomic E-state index is 11.9. The van der Waals surface area contributed by atoms with Gasteiger partial charge in [-0.25, -0.2) is 5.43 Å². The van der Waals surface area contributed by atoms with Crippen LogP contribution in [0.4, 0.5) is 0 Å². The highest BCUT2D eigenvalue weighted by Gasteiger charge is 2.10. The van der Waals surface area contributed by atoms with Gasteiger partial charge in [0.15, 0.2) is 18.1 Å². The highest BCUT2D eigenvalue weighted by atomic mass is 79.9. The van der Waals surface area contributed by atoms with Crippen LogP contribution >= 0.6 is 15.9 Å². The summed E-state index contributed by atoms with van der Waals surface area (Å²) in [7, 11) is 3.12. The Balaban J connectivity index is 1.96. The molecule has 0 aliphatic carbocycles. The molecule has 1 amide bonds. The van der Waals surface area contributed by atoms with E-state index in [2.05, 4.69) is 26.5 Å². The first-order valence-electron chi connectivity index (χ1n) is 7.88. The van der Waals surface area contributed by atoms with Crippen LogP contribution in [-0.4, -0.2) is 32.9 Å². The summed E-state index contributed by atoms with van der Waals surface area (Å²) >= 11 is 3.41. The molecular weight excluding hydrogens is 400 g/mol. The fourth-order valence-corrected chi connectivity index (χ4v) is 3.01. The number of hydrazone groups is 1. The van der Waals surface area contributed by atoms with Crippen molar-refractivity contribution in [3.05, 3.63) is 51.5 Å². The third kappa shape index (κ3) is 4.98. The first kappa shape index (κ1) is 19.8. The first-order valence-corrected chi connectivity index (χ1v) is 8.68. The van der Waals surface area contributed by atoms with Crippen molar-refractivity contribution < 1.29 is 19.0 Å². The molecule has 0 saturated heterocycles. The molecule has 0 aliphatic heterocycles. The molecule has 26 heavy (non-hydrogen) atoms. The minimum atomic E-state index is -0.344. The molecule has 0 unspecified atom stereocenters. The number of halogens is 1. The van der Waals surface area contributed by atoms with Crippen molar-refractivity contribution in [1.29, 1.82) is 0 Å².